The van der Waals surface area contributed by atoms with Gasteiger partial charge in [-0.1, -0.05) is 122 Å². The summed E-state index contributed by atoms with van der Waals surface area (Å²) in [5.41, 5.74) is 5.36. The van der Waals surface area contributed by atoms with Crippen molar-refractivity contribution >= 4 is 23.6 Å². The first-order valence-electron chi connectivity index (χ1n) is 11.5. The van der Waals surface area contributed by atoms with Crippen molar-refractivity contribution in [1.29, 1.82) is 0 Å². The number of allylic oxidation sites excluding steroid dienone is 4. The van der Waals surface area contributed by atoms with E-state index in [2.05, 4.69) is 120 Å². The molecule has 1 aliphatic rings. The van der Waals surface area contributed by atoms with E-state index in [0.717, 1.165) is 12.8 Å². The Morgan fingerprint density at radius 3 is 1.49 bits per heavy atom. The van der Waals surface area contributed by atoms with E-state index in [-0.39, 0.29) is 58.9 Å². The molecule has 1 unspecified atom stereocenters. The van der Waals surface area contributed by atoms with Crippen molar-refractivity contribution in [3.63, 3.8) is 0 Å². The van der Waals surface area contributed by atoms with Gasteiger partial charge in [0.15, 0.2) is 8.07 Å². The third kappa shape index (κ3) is 6.83. The fraction of sp³-hybridized carbons (Fsp3) is 0.267. The third-order valence-electron chi connectivity index (χ3n) is 6.77. The van der Waals surface area contributed by atoms with Crippen LogP contribution in [0.5, 0.6) is 0 Å². The van der Waals surface area contributed by atoms with E-state index in [1.54, 1.807) is 0 Å². The molecule has 0 spiro atoms. The molecular weight excluding hydrogens is 543 g/mol. The van der Waals surface area contributed by atoms with E-state index in [4.69, 9.17) is 0 Å². The molecule has 0 saturated heterocycles. The number of benzene rings is 3. The van der Waals surface area contributed by atoms with Crippen molar-refractivity contribution in [2.75, 3.05) is 0 Å². The Bertz CT molecular complexity index is 1060. The number of halogens is 3. The molecule has 35 heavy (non-hydrogen) atoms. The number of rotatable bonds is 6. The topological polar surface area (TPSA) is 0 Å². The maximum atomic E-state index is 3.98. The quantitative estimate of drug-likeness (QED) is 0.165. The molecule has 3 aromatic carbocycles. The van der Waals surface area contributed by atoms with Crippen LogP contribution >= 0.6 is 0 Å². The Morgan fingerprint density at radius 2 is 1.14 bits per heavy atom. The van der Waals surface area contributed by atoms with E-state index in [1.165, 1.54) is 43.0 Å². The van der Waals surface area contributed by atoms with Crippen LogP contribution in [-0.2, 0) is 21.7 Å². The van der Waals surface area contributed by atoms with Gasteiger partial charge in [-0.05, 0) is 36.3 Å². The molecular formula is C30H33Cl3SiTi. The zero-order valence-corrected chi connectivity index (χ0v) is 26.0. The van der Waals surface area contributed by atoms with Crippen LogP contribution in [0.15, 0.2) is 89.6 Å². The average Bonchev–Trinajstić information content (AvgIpc) is 3.24. The Balaban J connectivity index is 0.00000289. The van der Waals surface area contributed by atoms with Crippen molar-refractivity contribution in [3.05, 3.63) is 112 Å². The van der Waals surface area contributed by atoms with Gasteiger partial charge in [0, 0.05) is 0 Å². The number of aryl methyl sites for hydroxylation is 3. The molecule has 0 nitrogen and oxygen atoms in total. The molecule has 0 aliphatic heterocycles. The van der Waals surface area contributed by atoms with Crippen molar-refractivity contribution in [1.82, 2.24) is 0 Å². The second kappa shape index (κ2) is 14.6. The molecule has 182 valence electrons. The van der Waals surface area contributed by atoms with Crippen LogP contribution in [0.4, 0.5) is 0 Å². The summed E-state index contributed by atoms with van der Waals surface area (Å²) in [4.78, 5) is 0. The van der Waals surface area contributed by atoms with Crippen LogP contribution in [0.3, 0.4) is 0 Å². The van der Waals surface area contributed by atoms with E-state index in [0.29, 0.717) is 5.92 Å². The predicted octanol–water partition coefficient (Wildman–Crippen LogP) is -3.26. The van der Waals surface area contributed by atoms with Crippen molar-refractivity contribution in [2.45, 2.75) is 47.5 Å². The van der Waals surface area contributed by atoms with E-state index < -0.39 is 8.07 Å². The summed E-state index contributed by atoms with van der Waals surface area (Å²) in [6, 6.07) is 27.7. The normalized spacial score (nSPS) is 13.2. The minimum absolute atomic E-state index is 0. The summed E-state index contributed by atoms with van der Waals surface area (Å²) < 4.78 is 0. The molecule has 0 amide bonds. The molecule has 0 N–H and O–H groups in total. The van der Waals surface area contributed by atoms with Gasteiger partial charge in [-0.15, -0.1) is 0 Å². The molecule has 0 fully saturated rings. The Hall–Kier alpha value is -1.06. The van der Waals surface area contributed by atoms with Crippen LogP contribution in [0.25, 0.3) is 0 Å². The summed E-state index contributed by atoms with van der Waals surface area (Å²) >= 11 is 0. The summed E-state index contributed by atoms with van der Waals surface area (Å²) in [6.07, 6.45) is 8.57. The first-order chi connectivity index (χ1) is 14.9. The largest absolute Gasteiger partial charge is 4.00 e. The van der Waals surface area contributed by atoms with Crippen LogP contribution in [0, 0.1) is 32.8 Å². The van der Waals surface area contributed by atoms with Crippen LogP contribution in [0.1, 0.15) is 43.4 Å². The van der Waals surface area contributed by atoms with Gasteiger partial charge in [-0.25, -0.2) is 11.6 Å². The second-order valence-electron chi connectivity index (χ2n) is 9.13. The van der Waals surface area contributed by atoms with Gasteiger partial charge in [0.2, 0.25) is 0 Å². The molecule has 0 radical (unpaired) electrons. The molecule has 0 bridgehead atoms. The molecule has 0 heterocycles. The van der Waals surface area contributed by atoms with Gasteiger partial charge >= 0.3 is 21.7 Å². The fourth-order valence-corrected chi connectivity index (χ4v) is 10.1. The Kier molecular flexibility index (Phi) is 14.2. The first kappa shape index (κ1) is 33.9. The standard InChI is InChI=1S/C30H33Si.3ClH.Ti/c1-6-25(5)26-16-17-30(21-26)31(27-13-7-10-22(2)18-27,28-14-8-11-23(3)19-28)29-15-9-12-24(4)20-29;;;;/h7-16,18-20,25H,6,17H2,1-5H3;3*1H;/q-1;;;;+4/p-3. The zero-order chi connectivity index (χ0) is 22.0. The summed E-state index contributed by atoms with van der Waals surface area (Å²) in [5, 5.41) is 5.88. The number of hydrogen-bond donors (Lipinski definition) is 0. The predicted molar refractivity (Wildman–Crippen MR) is 137 cm³/mol. The van der Waals surface area contributed by atoms with Gasteiger partial charge in [0.25, 0.3) is 0 Å². The van der Waals surface area contributed by atoms with Crippen molar-refractivity contribution < 1.29 is 58.9 Å². The minimum Gasteiger partial charge on any atom is -1.00 e. The molecule has 4 rings (SSSR count). The van der Waals surface area contributed by atoms with Crippen molar-refractivity contribution in [2.24, 2.45) is 5.92 Å². The van der Waals surface area contributed by atoms with Crippen LogP contribution < -0.4 is 52.8 Å². The molecule has 5 heteroatoms. The van der Waals surface area contributed by atoms with Crippen LogP contribution in [-0.4, -0.2) is 8.07 Å². The minimum atomic E-state index is -2.43. The molecule has 0 aromatic heterocycles. The van der Waals surface area contributed by atoms with E-state index in [9.17, 15) is 0 Å². The Morgan fingerprint density at radius 1 is 0.743 bits per heavy atom. The first-order valence-corrected chi connectivity index (χ1v) is 13.5. The Labute approximate surface area is 246 Å². The van der Waals surface area contributed by atoms with E-state index in [1.807, 2.05) is 0 Å². The maximum absolute atomic E-state index is 3.98. The summed E-state index contributed by atoms with van der Waals surface area (Å²) in [6.45, 7) is 11.2. The smallest absolute Gasteiger partial charge is 1.00 e. The molecule has 3 aromatic rings. The van der Waals surface area contributed by atoms with Gasteiger partial charge in [-0.3, -0.25) is 6.08 Å². The molecule has 1 atom stereocenters. The van der Waals surface area contributed by atoms with Crippen molar-refractivity contribution in [3.8, 4) is 0 Å². The SMILES string of the molecule is CCC(C)C1=CCC([Si](c2cccc(C)c2)(c2cccc(C)c2)c2cccc(C)c2)=[C-]1.[Cl-].[Cl-].[Cl-].[Ti+4]. The van der Waals surface area contributed by atoms with Crippen LogP contribution in [0.2, 0.25) is 0 Å². The maximum Gasteiger partial charge on any atom is 4.00 e. The number of hydrogen-bond acceptors (Lipinski definition) is 0. The van der Waals surface area contributed by atoms with Gasteiger partial charge in [0.1, 0.15) is 0 Å². The summed E-state index contributed by atoms with van der Waals surface area (Å²) in [5.74, 6) is 0.553. The third-order valence-corrected chi connectivity index (χ3v) is 11.5. The van der Waals surface area contributed by atoms with E-state index >= 15 is 0 Å². The summed E-state index contributed by atoms with van der Waals surface area (Å²) in [7, 11) is -2.43. The zero-order valence-electron chi connectivity index (χ0n) is 21.1. The van der Waals surface area contributed by atoms with Gasteiger partial charge < -0.3 is 37.2 Å². The molecule has 1 aliphatic carbocycles. The average molecular weight is 576 g/mol. The molecule has 0 saturated carbocycles. The second-order valence-corrected chi connectivity index (χ2v) is 13.0. The van der Waals surface area contributed by atoms with Gasteiger partial charge in [-0.2, -0.15) is 5.20 Å². The van der Waals surface area contributed by atoms with Gasteiger partial charge in [0.05, 0.1) is 0 Å². The monoisotopic (exact) mass is 574 g/mol. The fourth-order valence-electron chi connectivity index (χ4n) is 4.94.